The second-order valence-electron chi connectivity index (χ2n) is 11.2. The zero-order valence-corrected chi connectivity index (χ0v) is 22.7. The Morgan fingerprint density at radius 3 is 2.29 bits per heavy atom. The molecule has 6 rings (SSSR count). The maximum atomic E-state index is 13.7. The number of alkyl halides is 6. The first-order valence-electron chi connectivity index (χ1n) is 13.7. The lowest BCUT2D eigenvalue weighted by Gasteiger charge is -2.34. The van der Waals surface area contributed by atoms with Gasteiger partial charge in [0.1, 0.15) is 0 Å². The Balaban J connectivity index is 1.48. The maximum absolute atomic E-state index is 13.7. The fourth-order valence-corrected chi connectivity index (χ4v) is 6.09. The van der Waals surface area contributed by atoms with Gasteiger partial charge in [0, 0.05) is 25.3 Å². The van der Waals surface area contributed by atoms with E-state index in [9.17, 15) is 26.3 Å². The smallest absolute Gasteiger partial charge is 0.372 e. The number of benzene rings is 2. The molecule has 7 nitrogen and oxygen atoms in total. The molecule has 3 aliphatic rings. The first-order valence-corrected chi connectivity index (χ1v) is 13.7. The van der Waals surface area contributed by atoms with Crippen LogP contribution in [0.2, 0.25) is 0 Å². The third kappa shape index (κ3) is 5.60. The predicted molar refractivity (Wildman–Crippen MR) is 138 cm³/mol. The summed E-state index contributed by atoms with van der Waals surface area (Å²) in [6, 6.07) is 3.39. The van der Waals surface area contributed by atoms with Gasteiger partial charge in [-0.2, -0.15) is 31.1 Å². The molecule has 3 heterocycles. The van der Waals surface area contributed by atoms with Crippen molar-refractivity contribution in [2.75, 3.05) is 22.9 Å². The number of hydrogen-bond donors (Lipinski definition) is 0. The zero-order valence-electron chi connectivity index (χ0n) is 22.7. The number of ether oxygens (including phenoxy) is 1. The van der Waals surface area contributed by atoms with Gasteiger partial charge in [-0.05, 0) is 95.8 Å². The van der Waals surface area contributed by atoms with Gasteiger partial charge >= 0.3 is 12.4 Å². The van der Waals surface area contributed by atoms with E-state index in [1.54, 1.807) is 11.9 Å². The third-order valence-corrected chi connectivity index (χ3v) is 8.19. The normalized spacial score (nSPS) is 19.2. The number of hydrogen-bond acceptors (Lipinski definition) is 6. The van der Waals surface area contributed by atoms with Crippen molar-refractivity contribution >= 4 is 11.6 Å². The molecule has 1 unspecified atom stereocenters. The molecular formula is C28H30F6N6O. The van der Waals surface area contributed by atoms with Crippen molar-refractivity contribution < 1.29 is 31.1 Å². The van der Waals surface area contributed by atoms with Crippen LogP contribution in [-0.2, 0) is 43.9 Å². The summed E-state index contributed by atoms with van der Waals surface area (Å²) in [7, 11) is 1.56. The van der Waals surface area contributed by atoms with Crippen molar-refractivity contribution in [1.29, 1.82) is 0 Å². The first-order chi connectivity index (χ1) is 19.4. The van der Waals surface area contributed by atoms with Gasteiger partial charge in [0.05, 0.1) is 37.4 Å². The maximum Gasteiger partial charge on any atom is 0.416 e. The fraction of sp³-hybridized carbons (Fsp3) is 0.536. The molecule has 1 atom stereocenters. The van der Waals surface area contributed by atoms with Crippen LogP contribution in [0.15, 0.2) is 24.3 Å². The van der Waals surface area contributed by atoms with Crippen LogP contribution in [0.4, 0.5) is 38.0 Å². The van der Waals surface area contributed by atoms with Crippen LogP contribution in [0.25, 0.3) is 0 Å². The molecule has 1 saturated carbocycles. The van der Waals surface area contributed by atoms with E-state index in [-0.39, 0.29) is 24.1 Å². The Labute approximate surface area is 233 Å². The van der Waals surface area contributed by atoms with Crippen molar-refractivity contribution in [2.24, 2.45) is 13.0 Å². The van der Waals surface area contributed by atoms with Gasteiger partial charge in [0.25, 0.3) is 5.95 Å². The largest absolute Gasteiger partial charge is 0.416 e. The molecule has 2 aliphatic heterocycles. The SMILES string of the molecule is Cc1c2c(cc3c1N(CC1CC1)CCCC3N(Cc1cc(C(F)(F)F)cc(C(F)(F)F)c1)c1nnn(C)n1)COC2. The highest BCUT2D eigenvalue weighted by molar-refractivity contribution is 5.67. The highest BCUT2D eigenvalue weighted by atomic mass is 19.4. The second kappa shape index (κ2) is 10.2. The van der Waals surface area contributed by atoms with Gasteiger partial charge in [-0.3, -0.25) is 0 Å². The second-order valence-corrected chi connectivity index (χ2v) is 11.2. The van der Waals surface area contributed by atoms with Crippen LogP contribution >= 0.6 is 0 Å². The van der Waals surface area contributed by atoms with Crippen LogP contribution in [0.5, 0.6) is 0 Å². The van der Waals surface area contributed by atoms with Crippen LogP contribution in [0.1, 0.15) is 70.7 Å². The molecule has 0 bridgehead atoms. The lowest BCUT2D eigenvalue weighted by molar-refractivity contribution is -0.143. The van der Waals surface area contributed by atoms with E-state index in [1.807, 2.05) is 0 Å². The number of halogens is 6. The summed E-state index contributed by atoms with van der Waals surface area (Å²) in [4.78, 5) is 5.33. The Bertz CT molecular complexity index is 1410. The minimum absolute atomic E-state index is 0.138. The lowest BCUT2D eigenvalue weighted by atomic mass is 9.91. The highest BCUT2D eigenvalue weighted by Crippen LogP contribution is 2.46. The molecule has 41 heavy (non-hydrogen) atoms. The van der Waals surface area contributed by atoms with E-state index in [4.69, 9.17) is 4.74 Å². The van der Waals surface area contributed by atoms with Crippen molar-refractivity contribution in [1.82, 2.24) is 20.2 Å². The predicted octanol–water partition coefficient (Wildman–Crippen LogP) is 6.34. The van der Waals surface area contributed by atoms with Crippen molar-refractivity contribution in [3.8, 4) is 0 Å². The Morgan fingerprint density at radius 1 is 0.976 bits per heavy atom. The summed E-state index contributed by atoms with van der Waals surface area (Å²) in [5.41, 5.74) is 2.48. The molecule has 13 heteroatoms. The average Bonchev–Trinajstić information content (AvgIpc) is 3.46. The van der Waals surface area contributed by atoms with Gasteiger partial charge in [0.15, 0.2) is 0 Å². The summed E-state index contributed by atoms with van der Waals surface area (Å²) in [5, 5.41) is 12.4. The summed E-state index contributed by atoms with van der Waals surface area (Å²) >= 11 is 0. The summed E-state index contributed by atoms with van der Waals surface area (Å²) in [6.45, 7) is 4.47. The van der Waals surface area contributed by atoms with E-state index < -0.39 is 29.5 Å². The molecule has 1 aliphatic carbocycles. The van der Waals surface area contributed by atoms with Gasteiger partial charge in [0.2, 0.25) is 0 Å². The van der Waals surface area contributed by atoms with Crippen molar-refractivity contribution in [3.63, 3.8) is 0 Å². The van der Waals surface area contributed by atoms with Crippen LogP contribution in [0, 0.1) is 12.8 Å². The summed E-state index contributed by atoms with van der Waals surface area (Å²) in [5.74, 6) is 0.756. The zero-order chi connectivity index (χ0) is 29.1. The Hall–Kier alpha value is -3.35. The number of aryl methyl sites for hydroxylation is 1. The molecule has 0 radical (unpaired) electrons. The minimum Gasteiger partial charge on any atom is -0.372 e. The number of anilines is 2. The number of nitrogens with zero attached hydrogens (tertiary/aromatic N) is 6. The van der Waals surface area contributed by atoms with Gasteiger partial charge in [-0.25, -0.2) is 0 Å². The van der Waals surface area contributed by atoms with Crippen LogP contribution in [-0.4, -0.2) is 33.3 Å². The van der Waals surface area contributed by atoms with Gasteiger partial charge in [-0.15, -0.1) is 5.10 Å². The van der Waals surface area contributed by atoms with E-state index in [1.165, 1.54) is 17.6 Å². The molecule has 0 amide bonds. The van der Waals surface area contributed by atoms with Crippen LogP contribution < -0.4 is 9.80 Å². The van der Waals surface area contributed by atoms with E-state index >= 15 is 0 Å². The van der Waals surface area contributed by atoms with E-state index in [0.717, 1.165) is 59.6 Å². The van der Waals surface area contributed by atoms with Crippen LogP contribution in [0.3, 0.4) is 0 Å². The molecule has 220 valence electrons. The topological polar surface area (TPSA) is 59.3 Å². The van der Waals surface area contributed by atoms with Gasteiger partial charge < -0.3 is 14.5 Å². The van der Waals surface area contributed by atoms with Gasteiger partial charge in [-0.1, -0.05) is 5.10 Å². The summed E-state index contributed by atoms with van der Waals surface area (Å²) < 4.78 is 87.9. The molecule has 1 fully saturated rings. The van der Waals surface area contributed by atoms with Crippen molar-refractivity contribution in [2.45, 2.75) is 70.8 Å². The highest BCUT2D eigenvalue weighted by Gasteiger charge is 2.39. The molecule has 2 aromatic carbocycles. The lowest BCUT2D eigenvalue weighted by Crippen LogP contribution is -2.31. The fourth-order valence-electron chi connectivity index (χ4n) is 6.09. The molecular weight excluding hydrogens is 550 g/mol. The molecule has 3 aromatic rings. The molecule has 0 N–H and O–H groups in total. The summed E-state index contributed by atoms with van der Waals surface area (Å²) in [6.07, 6.45) is -6.15. The number of tetrazole rings is 1. The van der Waals surface area contributed by atoms with Crippen molar-refractivity contribution in [3.05, 3.63) is 63.2 Å². The Kier molecular flexibility index (Phi) is 6.90. The monoisotopic (exact) mass is 580 g/mol. The number of rotatable bonds is 6. The van der Waals surface area contributed by atoms with E-state index in [2.05, 4.69) is 33.3 Å². The molecule has 0 spiro atoms. The minimum atomic E-state index is -4.94. The van der Waals surface area contributed by atoms with E-state index in [0.29, 0.717) is 25.6 Å². The Morgan fingerprint density at radius 2 is 1.68 bits per heavy atom. The number of fused-ring (bicyclic) bond motifs is 2. The molecule has 1 aromatic heterocycles. The standard InChI is InChI=1S/C28H30F6N6O/c1-16-23-15-41-14-19(23)10-22-24(4-3-7-39(25(16)22)12-17-5-6-17)40(26-35-37-38(2)36-26)13-18-8-20(27(29,30)31)11-21(9-18)28(32,33)34/h8-11,17,24H,3-7,12-15H2,1-2H3. The molecule has 0 saturated heterocycles. The third-order valence-electron chi connectivity index (χ3n) is 8.19. The number of aromatic nitrogens is 4. The first kappa shape index (κ1) is 27.8. The average molecular weight is 581 g/mol. The quantitative estimate of drug-likeness (QED) is 0.317.